The van der Waals surface area contributed by atoms with E-state index in [-0.39, 0.29) is 0 Å². The normalized spacial score (nSPS) is 15.9. The first kappa shape index (κ1) is 20.0. The average molecular weight is 397 g/mol. The van der Waals surface area contributed by atoms with Crippen LogP contribution in [0.5, 0.6) is 0 Å². The van der Waals surface area contributed by atoms with Gasteiger partial charge in [-0.15, -0.1) is 0 Å². The third kappa shape index (κ3) is 4.62. The maximum Gasteiger partial charge on any atom is 0.295 e. The van der Waals surface area contributed by atoms with Crippen LogP contribution in [0.25, 0.3) is 11.3 Å². The Hall–Kier alpha value is -3.33. The molecule has 1 heterocycles. The van der Waals surface area contributed by atoms with E-state index >= 15 is 0 Å². The van der Waals surface area contributed by atoms with Crippen LogP contribution in [0.1, 0.15) is 48.4 Å². The van der Waals surface area contributed by atoms with E-state index in [0.717, 1.165) is 41.8 Å². The number of hydrogen-bond acceptors (Lipinski definition) is 2. The monoisotopic (exact) mass is 396 g/mol. The molecule has 0 radical (unpaired) electrons. The molecule has 4 rings (SSSR count). The number of para-hydroxylation sites is 1. The quantitative estimate of drug-likeness (QED) is 0.484. The van der Waals surface area contributed by atoms with E-state index in [9.17, 15) is 0 Å². The third-order valence-corrected chi connectivity index (χ3v) is 5.31. The summed E-state index contributed by atoms with van der Waals surface area (Å²) in [7, 11) is 0. The van der Waals surface area contributed by atoms with Crippen molar-refractivity contribution in [1.82, 2.24) is 0 Å². The van der Waals surface area contributed by atoms with Crippen molar-refractivity contribution in [3.05, 3.63) is 101 Å². The number of allylic oxidation sites excluding steroid dienone is 1. The van der Waals surface area contributed by atoms with Gasteiger partial charge < -0.3 is 10.1 Å². The zero-order valence-corrected chi connectivity index (χ0v) is 17.7. The molecule has 3 aromatic rings. The molecule has 0 unspecified atom stereocenters. The smallest absolute Gasteiger partial charge is 0.295 e. The van der Waals surface area contributed by atoms with Crippen molar-refractivity contribution < 1.29 is 4.74 Å². The predicted molar refractivity (Wildman–Crippen MR) is 126 cm³/mol. The molecular formula is C27H28N2O. The van der Waals surface area contributed by atoms with Crippen molar-refractivity contribution >= 4 is 23.0 Å². The van der Waals surface area contributed by atoms with Gasteiger partial charge in [-0.25, -0.2) is 4.99 Å². The average Bonchev–Trinajstić information content (AvgIpc) is 2.79. The van der Waals surface area contributed by atoms with Crippen LogP contribution in [-0.2, 0) is 11.3 Å². The summed E-state index contributed by atoms with van der Waals surface area (Å²) < 4.78 is 6.40. The van der Waals surface area contributed by atoms with E-state index in [0.29, 0.717) is 12.6 Å². The van der Waals surface area contributed by atoms with E-state index < -0.39 is 0 Å². The summed E-state index contributed by atoms with van der Waals surface area (Å²) in [6.45, 7) is 4.92. The molecule has 0 amide bonds. The first-order chi connectivity index (χ1) is 14.7. The van der Waals surface area contributed by atoms with Gasteiger partial charge in [0.05, 0.1) is 12.2 Å². The molecule has 3 heteroatoms. The molecule has 1 aliphatic heterocycles. The number of nitrogens with zero attached hydrogens (tertiary/aromatic N) is 1. The van der Waals surface area contributed by atoms with Crippen LogP contribution in [0.4, 0.5) is 5.69 Å². The van der Waals surface area contributed by atoms with Crippen molar-refractivity contribution in [3.8, 4) is 0 Å². The van der Waals surface area contributed by atoms with E-state index in [2.05, 4.69) is 73.8 Å². The third-order valence-electron chi connectivity index (χ3n) is 5.31. The fraction of sp³-hybridized carbons (Fsp3) is 0.222. The number of aliphatic imine (C=N–C) groups is 1. The van der Waals surface area contributed by atoms with Gasteiger partial charge in [-0.1, -0.05) is 85.6 Å². The fourth-order valence-corrected chi connectivity index (χ4v) is 3.62. The molecular weight excluding hydrogens is 368 g/mol. The number of rotatable bonds is 6. The van der Waals surface area contributed by atoms with Crippen LogP contribution in [0.2, 0.25) is 0 Å². The lowest BCUT2D eigenvalue weighted by Crippen LogP contribution is -2.22. The van der Waals surface area contributed by atoms with Crippen LogP contribution in [0, 0.1) is 6.92 Å². The second-order valence-electron chi connectivity index (χ2n) is 7.66. The number of benzene rings is 3. The molecule has 0 saturated heterocycles. The largest absolute Gasteiger partial charge is 0.425 e. The van der Waals surface area contributed by atoms with Crippen LogP contribution < -0.4 is 5.32 Å². The van der Waals surface area contributed by atoms with Gasteiger partial charge in [0.15, 0.2) is 0 Å². The van der Waals surface area contributed by atoms with E-state index in [4.69, 9.17) is 9.73 Å². The van der Waals surface area contributed by atoms with Gasteiger partial charge in [-0.3, -0.25) is 0 Å². The Bertz CT molecular complexity index is 1050. The molecule has 3 nitrogen and oxygen atoms in total. The highest BCUT2D eigenvalue weighted by atomic mass is 16.5. The number of unbranched alkanes of at least 4 members (excludes halogenated alkanes) is 1. The molecule has 152 valence electrons. The minimum atomic E-state index is 0.550. The number of nitrogens with one attached hydrogen (secondary N) is 1. The van der Waals surface area contributed by atoms with E-state index in [1.54, 1.807) is 0 Å². The maximum absolute atomic E-state index is 6.40. The summed E-state index contributed by atoms with van der Waals surface area (Å²) in [6.07, 6.45) is 3.22. The summed E-state index contributed by atoms with van der Waals surface area (Å²) >= 11 is 0. The summed E-state index contributed by atoms with van der Waals surface area (Å²) in [5, 5.41) is 3.36. The molecule has 0 atom stereocenters. The molecule has 0 saturated carbocycles. The fourth-order valence-electron chi connectivity index (χ4n) is 3.62. The van der Waals surface area contributed by atoms with Gasteiger partial charge in [-0.05, 0) is 43.0 Å². The predicted octanol–water partition coefficient (Wildman–Crippen LogP) is 7.05. The van der Waals surface area contributed by atoms with Crippen molar-refractivity contribution in [1.29, 1.82) is 0 Å². The van der Waals surface area contributed by atoms with Crippen LogP contribution in [0.15, 0.2) is 83.9 Å². The molecule has 1 aliphatic rings. The van der Waals surface area contributed by atoms with Crippen LogP contribution in [-0.4, -0.2) is 6.02 Å². The van der Waals surface area contributed by atoms with Gasteiger partial charge in [0.1, 0.15) is 5.76 Å². The second-order valence-corrected chi connectivity index (χ2v) is 7.66. The highest BCUT2D eigenvalue weighted by Gasteiger charge is 2.23. The first-order valence-corrected chi connectivity index (χ1v) is 10.7. The van der Waals surface area contributed by atoms with Crippen molar-refractivity contribution in [2.24, 2.45) is 4.99 Å². The lowest BCUT2D eigenvalue weighted by molar-refractivity contribution is 0.495. The molecule has 0 fully saturated rings. The van der Waals surface area contributed by atoms with Gasteiger partial charge in [0.2, 0.25) is 0 Å². The Kier molecular flexibility index (Phi) is 6.29. The van der Waals surface area contributed by atoms with E-state index in [1.165, 1.54) is 16.7 Å². The maximum atomic E-state index is 6.40. The SMILES string of the molecule is CCCC/C(=C1\OC(=NCc2ccccc2)Nc2ccccc21)c1ccc(C)cc1. The molecule has 0 aromatic heterocycles. The van der Waals surface area contributed by atoms with Crippen molar-refractivity contribution in [3.63, 3.8) is 0 Å². The summed E-state index contributed by atoms with van der Waals surface area (Å²) in [5.41, 5.74) is 6.98. The Balaban J connectivity index is 1.76. The molecule has 3 aromatic carbocycles. The number of fused-ring (bicyclic) bond motifs is 1. The number of ether oxygens (including phenoxy) is 1. The van der Waals surface area contributed by atoms with Crippen LogP contribution in [0.3, 0.4) is 0 Å². The minimum absolute atomic E-state index is 0.550. The zero-order chi connectivity index (χ0) is 20.8. The van der Waals surface area contributed by atoms with E-state index in [1.807, 2.05) is 24.3 Å². The van der Waals surface area contributed by atoms with Gasteiger partial charge in [0.25, 0.3) is 6.02 Å². The lowest BCUT2D eigenvalue weighted by atomic mass is 9.94. The van der Waals surface area contributed by atoms with Crippen molar-refractivity contribution in [2.75, 3.05) is 5.32 Å². The summed E-state index contributed by atoms with van der Waals surface area (Å²) in [6, 6.07) is 27.8. The summed E-state index contributed by atoms with van der Waals surface area (Å²) in [5.74, 6) is 0.911. The number of aryl methyl sites for hydroxylation is 1. The lowest BCUT2D eigenvalue weighted by Gasteiger charge is -2.25. The first-order valence-electron chi connectivity index (χ1n) is 10.7. The van der Waals surface area contributed by atoms with Gasteiger partial charge in [-0.2, -0.15) is 0 Å². The minimum Gasteiger partial charge on any atom is -0.425 e. The Morgan fingerprint density at radius 3 is 2.40 bits per heavy atom. The molecule has 0 bridgehead atoms. The number of amidine groups is 1. The molecule has 30 heavy (non-hydrogen) atoms. The standard InChI is InChI=1S/C27H28N2O/c1-3-4-12-23(22-17-15-20(2)16-18-22)26-24-13-8-9-14-25(24)29-27(30-26)28-19-21-10-6-5-7-11-21/h5-11,13-18H,3-4,12,19H2,1-2H3,(H,28,29)/b26-23+. The number of anilines is 1. The molecule has 0 spiro atoms. The Labute approximate surface area is 179 Å². The second kappa shape index (κ2) is 9.45. The molecule has 0 aliphatic carbocycles. The Morgan fingerprint density at radius 2 is 1.63 bits per heavy atom. The van der Waals surface area contributed by atoms with Gasteiger partial charge in [0, 0.05) is 11.1 Å². The summed E-state index contributed by atoms with van der Waals surface area (Å²) in [4.78, 5) is 4.72. The highest BCUT2D eigenvalue weighted by molar-refractivity contribution is 6.05. The Morgan fingerprint density at radius 1 is 0.900 bits per heavy atom. The highest BCUT2D eigenvalue weighted by Crippen LogP contribution is 2.37. The van der Waals surface area contributed by atoms with Gasteiger partial charge >= 0.3 is 0 Å². The van der Waals surface area contributed by atoms with Crippen molar-refractivity contribution in [2.45, 2.75) is 39.7 Å². The van der Waals surface area contributed by atoms with Crippen LogP contribution >= 0.6 is 0 Å². The zero-order valence-electron chi connectivity index (χ0n) is 17.7. The number of hydrogen-bond donors (Lipinski definition) is 1. The topological polar surface area (TPSA) is 33.6 Å². The molecule has 1 N–H and O–H groups in total.